The van der Waals surface area contributed by atoms with Crippen molar-refractivity contribution in [2.75, 3.05) is 6.54 Å². The number of nitrogens with zero attached hydrogens (tertiary/aromatic N) is 4. The van der Waals surface area contributed by atoms with E-state index < -0.39 is 0 Å². The van der Waals surface area contributed by atoms with Gasteiger partial charge in [0.2, 0.25) is 0 Å². The number of benzene rings is 2. The van der Waals surface area contributed by atoms with Crippen LogP contribution < -0.4 is 0 Å². The lowest BCUT2D eigenvalue weighted by molar-refractivity contribution is -0.122. The first-order valence-corrected chi connectivity index (χ1v) is 10.5. The number of hydrogen-bond acceptors (Lipinski definition) is 4. The number of fused-ring (bicyclic) bond motifs is 1. The van der Waals surface area contributed by atoms with E-state index in [4.69, 9.17) is 4.99 Å². The topological polar surface area (TPSA) is 50.5 Å². The first-order valence-electron chi connectivity index (χ1n) is 9.69. The fourth-order valence-electron chi connectivity index (χ4n) is 3.27. The molecule has 0 spiro atoms. The minimum Gasteiger partial charge on any atom is -0.286 e. The Morgan fingerprint density at radius 2 is 1.93 bits per heavy atom. The molecule has 1 aliphatic heterocycles. The van der Waals surface area contributed by atoms with Crippen molar-refractivity contribution in [1.29, 1.82) is 0 Å². The van der Waals surface area contributed by atoms with Gasteiger partial charge in [-0.05, 0) is 60.5 Å². The van der Waals surface area contributed by atoms with E-state index in [0.717, 1.165) is 27.3 Å². The zero-order valence-corrected chi connectivity index (χ0v) is 17.9. The van der Waals surface area contributed by atoms with Crippen LogP contribution in [0.25, 0.3) is 17.0 Å². The van der Waals surface area contributed by atoms with Gasteiger partial charge in [-0.3, -0.25) is 14.4 Å². The molecule has 0 radical (unpaired) electrons. The number of aromatic nitrogens is 2. The summed E-state index contributed by atoms with van der Waals surface area (Å²) in [6, 6.07) is 14.2. The number of rotatable bonds is 4. The molecule has 0 atom stereocenters. The second kappa shape index (κ2) is 7.87. The normalized spacial score (nSPS) is 17.4. The monoisotopic (exact) mass is 404 g/mol. The van der Waals surface area contributed by atoms with Crippen LogP contribution in [0.2, 0.25) is 0 Å². The Hall–Kier alpha value is -2.86. The Kier molecular flexibility index (Phi) is 5.28. The van der Waals surface area contributed by atoms with Gasteiger partial charge in [-0.15, -0.1) is 0 Å². The van der Waals surface area contributed by atoms with E-state index in [2.05, 4.69) is 31.9 Å². The van der Waals surface area contributed by atoms with Gasteiger partial charge < -0.3 is 0 Å². The molecule has 0 saturated carbocycles. The van der Waals surface area contributed by atoms with Crippen LogP contribution in [0.3, 0.4) is 0 Å². The van der Waals surface area contributed by atoms with Gasteiger partial charge in [0.05, 0.1) is 22.3 Å². The Morgan fingerprint density at radius 1 is 1.17 bits per heavy atom. The van der Waals surface area contributed by atoms with Gasteiger partial charge >= 0.3 is 0 Å². The maximum absolute atomic E-state index is 13.1. The third-order valence-corrected chi connectivity index (χ3v) is 5.77. The molecule has 1 fully saturated rings. The number of carbonyl (C=O) groups excluding carboxylic acids is 1. The molecule has 5 nitrogen and oxygen atoms in total. The molecule has 3 aromatic rings. The lowest BCUT2D eigenvalue weighted by Crippen LogP contribution is -2.32. The van der Waals surface area contributed by atoms with E-state index in [1.165, 1.54) is 17.3 Å². The number of amidine groups is 1. The second-order valence-corrected chi connectivity index (χ2v) is 8.75. The fraction of sp³-hybridized carbons (Fsp3) is 0.261. The van der Waals surface area contributed by atoms with Crippen LogP contribution >= 0.6 is 11.8 Å². The van der Waals surface area contributed by atoms with Crippen molar-refractivity contribution in [2.24, 2.45) is 18.0 Å². The summed E-state index contributed by atoms with van der Waals surface area (Å²) < 4.78 is 1.85. The van der Waals surface area contributed by atoms with Gasteiger partial charge in [0.1, 0.15) is 0 Å². The highest BCUT2D eigenvalue weighted by Crippen LogP contribution is 2.35. The molecule has 1 aromatic heterocycles. The highest BCUT2D eigenvalue weighted by molar-refractivity contribution is 8.18. The third kappa shape index (κ3) is 4.12. The highest BCUT2D eigenvalue weighted by Gasteiger charge is 2.33. The molecule has 4 rings (SSSR count). The molecule has 0 bridgehead atoms. The molecule has 1 amide bonds. The van der Waals surface area contributed by atoms with Crippen LogP contribution in [-0.2, 0) is 11.8 Å². The van der Waals surface area contributed by atoms with Gasteiger partial charge in [-0.1, -0.05) is 37.6 Å². The maximum atomic E-state index is 13.1. The largest absolute Gasteiger partial charge is 0.286 e. The van der Waals surface area contributed by atoms with Crippen LogP contribution in [0, 0.1) is 12.8 Å². The minimum atomic E-state index is 0.0147. The summed E-state index contributed by atoms with van der Waals surface area (Å²) in [5.41, 5.74) is 4.11. The molecule has 1 saturated heterocycles. The zero-order valence-electron chi connectivity index (χ0n) is 17.1. The summed E-state index contributed by atoms with van der Waals surface area (Å²) in [6.45, 7) is 6.92. The summed E-state index contributed by atoms with van der Waals surface area (Å²) in [4.78, 5) is 20.4. The molecule has 6 heteroatoms. The van der Waals surface area contributed by atoms with Gasteiger partial charge in [-0.2, -0.15) is 5.10 Å². The number of aryl methyl sites for hydroxylation is 2. The summed E-state index contributed by atoms with van der Waals surface area (Å²) in [5.74, 6) is 0.370. The van der Waals surface area contributed by atoms with Crippen molar-refractivity contribution in [2.45, 2.75) is 20.8 Å². The zero-order chi connectivity index (χ0) is 20.5. The molecule has 29 heavy (non-hydrogen) atoms. The number of aliphatic imine (C=N–C) groups is 1. The third-order valence-electron chi connectivity index (χ3n) is 4.76. The van der Waals surface area contributed by atoms with Crippen LogP contribution in [0.15, 0.2) is 58.6 Å². The summed E-state index contributed by atoms with van der Waals surface area (Å²) in [7, 11) is 1.93. The van der Waals surface area contributed by atoms with Gasteiger partial charge in [-0.25, -0.2) is 4.99 Å². The van der Waals surface area contributed by atoms with E-state index in [9.17, 15) is 4.79 Å². The van der Waals surface area contributed by atoms with Crippen molar-refractivity contribution in [3.63, 3.8) is 0 Å². The summed E-state index contributed by atoms with van der Waals surface area (Å²) >= 11 is 1.44. The first kappa shape index (κ1) is 19.5. The van der Waals surface area contributed by atoms with Crippen LogP contribution in [0.1, 0.15) is 25.0 Å². The maximum Gasteiger partial charge on any atom is 0.266 e. The van der Waals surface area contributed by atoms with Crippen LogP contribution in [0.4, 0.5) is 5.69 Å². The molecule has 0 aliphatic carbocycles. The Labute approximate surface area is 175 Å². The molecular formula is C23H24N4OS. The van der Waals surface area contributed by atoms with Crippen LogP contribution in [0.5, 0.6) is 0 Å². The molecule has 0 unspecified atom stereocenters. The lowest BCUT2D eigenvalue weighted by Gasteiger charge is -2.17. The second-order valence-electron chi connectivity index (χ2n) is 7.74. The van der Waals surface area contributed by atoms with Gasteiger partial charge in [0.25, 0.3) is 5.91 Å². The van der Waals surface area contributed by atoms with Crippen molar-refractivity contribution >= 4 is 45.5 Å². The molecule has 148 valence electrons. The van der Waals surface area contributed by atoms with Gasteiger partial charge in [0.15, 0.2) is 5.17 Å². The molecular weight excluding hydrogens is 380 g/mol. The predicted molar refractivity (Wildman–Crippen MR) is 121 cm³/mol. The van der Waals surface area contributed by atoms with Crippen molar-refractivity contribution in [1.82, 2.24) is 14.7 Å². The van der Waals surface area contributed by atoms with Crippen molar-refractivity contribution in [3.8, 4) is 0 Å². The SMILES string of the molecule is Cc1ccc(/N=C2\S/C(=C\c3ccc4c(cnn4C)c3)C(=O)N2CC(C)C)cc1. The van der Waals surface area contributed by atoms with Crippen LogP contribution in [-0.4, -0.2) is 32.3 Å². The number of hydrogen-bond donors (Lipinski definition) is 0. The quantitative estimate of drug-likeness (QED) is 0.566. The standard InChI is InChI=1S/C23H24N4OS/c1-15(2)14-27-22(28)21(29-23(27)25-19-8-5-16(3)6-9-19)12-17-7-10-20-18(11-17)13-24-26(20)4/h5-13,15H,14H2,1-4H3/b21-12-,25-23-. The summed E-state index contributed by atoms with van der Waals surface area (Å²) in [6.07, 6.45) is 3.79. The van der Waals surface area contributed by atoms with E-state index in [-0.39, 0.29) is 5.91 Å². The van der Waals surface area contributed by atoms with Gasteiger partial charge in [0, 0.05) is 19.0 Å². The highest BCUT2D eigenvalue weighted by atomic mass is 32.2. The van der Waals surface area contributed by atoms with E-state index in [0.29, 0.717) is 17.4 Å². The Bertz CT molecular complexity index is 1130. The first-order chi connectivity index (χ1) is 13.9. The molecule has 0 N–H and O–H groups in total. The van der Waals surface area contributed by atoms with Crippen molar-refractivity contribution in [3.05, 3.63) is 64.7 Å². The number of thioether (sulfide) groups is 1. The molecule has 1 aliphatic rings. The number of amides is 1. The molecule has 2 aromatic carbocycles. The fourth-order valence-corrected chi connectivity index (χ4v) is 4.28. The average Bonchev–Trinajstić information content (AvgIpc) is 3.18. The van der Waals surface area contributed by atoms with E-state index >= 15 is 0 Å². The summed E-state index contributed by atoms with van der Waals surface area (Å²) in [5, 5.41) is 6.09. The molecule has 2 heterocycles. The average molecular weight is 405 g/mol. The Balaban J connectivity index is 1.69. The number of carbonyl (C=O) groups is 1. The minimum absolute atomic E-state index is 0.0147. The lowest BCUT2D eigenvalue weighted by atomic mass is 10.1. The van der Waals surface area contributed by atoms with E-state index in [1.807, 2.05) is 60.4 Å². The smallest absolute Gasteiger partial charge is 0.266 e. The predicted octanol–water partition coefficient (Wildman–Crippen LogP) is 5.14. The van der Waals surface area contributed by atoms with Crippen molar-refractivity contribution < 1.29 is 4.79 Å². The Morgan fingerprint density at radius 3 is 2.66 bits per heavy atom. The van der Waals surface area contributed by atoms with E-state index in [1.54, 1.807) is 4.90 Å².